The summed E-state index contributed by atoms with van der Waals surface area (Å²) in [6, 6.07) is 14.7. The van der Waals surface area contributed by atoms with Gasteiger partial charge in [0, 0.05) is 10.9 Å². The van der Waals surface area contributed by atoms with Gasteiger partial charge in [-0.2, -0.15) is 0 Å². The number of hydrogen-bond donors (Lipinski definition) is 2. The Morgan fingerprint density at radius 2 is 2.07 bits per heavy atom. The minimum atomic E-state index is -0.494. The molecule has 0 saturated heterocycles. The van der Waals surface area contributed by atoms with E-state index in [0.717, 1.165) is 11.3 Å². The minimum Gasteiger partial charge on any atom is -0.493 e. The number of nitrogens with zero attached hydrogens (tertiary/aromatic N) is 1. The number of thiazole rings is 1. The van der Waals surface area contributed by atoms with Crippen LogP contribution in [0.4, 0.5) is 5.13 Å². The molecule has 0 spiro atoms. The van der Waals surface area contributed by atoms with Gasteiger partial charge in [0.2, 0.25) is 5.91 Å². The first-order valence-electron chi connectivity index (χ1n) is 8.24. The van der Waals surface area contributed by atoms with E-state index in [1.165, 1.54) is 11.3 Å². The lowest BCUT2D eigenvalue weighted by Crippen LogP contribution is -2.15. The first-order valence-corrected chi connectivity index (χ1v) is 9.12. The number of hydrogen-bond acceptors (Lipinski definition) is 6. The van der Waals surface area contributed by atoms with Gasteiger partial charge in [0.15, 0.2) is 10.7 Å². The average Bonchev–Trinajstić information content (AvgIpc) is 3.27. The predicted molar refractivity (Wildman–Crippen MR) is 103 cm³/mol. The number of anilines is 1. The summed E-state index contributed by atoms with van der Waals surface area (Å²) >= 11 is 1.33. The van der Waals surface area contributed by atoms with Gasteiger partial charge in [-0.25, -0.2) is 9.78 Å². The summed E-state index contributed by atoms with van der Waals surface area (Å²) < 4.78 is 10.5. The van der Waals surface area contributed by atoms with Crippen LogP contribution in [0.25, 0.3) is 22.4 Å². The van der Waals surface area contributed by atoms with Crippen molar-refractivity contribution < 1.29 is 13.9 Å². The topological polar surface area (TPSA) is 97.2 Å². The summed E-state index contributed by atoms with van der Waals surface area (Å²) in [5, 5.41) is 5.12. The van der Waals surface area contributed by atoms with Gasteiger partial charge in [-0.05, 0) is 30.3 Å². The Balaban J connectivity index is 1.36. The molecule has 0 saturated carbocycles. The quantitative estimate of drug-likeness (QED) is 0.531. The van der Waals surface area contributed by atoms with Crippen molar-refractivity contribution in [2.24, 2.45) is 0 Å². The number of ether oxygens (including phenoxy) is 1. The summed E-state index contributed by atoms with van der Waals surface area (Å²) in [5.74, 6) is 0.0714. The third kappa shape index (κ3) is 4.06. The Kier molecular flexibility index (Phi) is 4.71. The molecule has 2 heterocycles. The Morgan fingerprint density at radius 3 is 2.93 bits per heavy atom. The molecule has 0 fully saturated rings. The fraction of sp³-hybridized carbons (Fsp3) is 0.105. The van der Waals surface area contributed by atoms with Crippen LogP contribution >= 0.6 is 11.3 Å². The third-order valence-electron chi connectivity index (χ3n) is 3.81. The number of aromatic nitrogens is 2. The highest BCUT2D eigenvalue weighted by atomic mass is 32.1. The molecule has 0 unspecified atom stereocenters. The number of benzene rings is 2. The van der Waals surface area contributed by atoms with Gasteiger partial charge in [-0.15, -0.1) is 11.3 Å². The molecule has 0 aliphatic carbocycles. The smallest absolute Gasteiger partial charge is 0.417 e. The lowest BCUT2D eigenvalue weighted by atomic mass is 10.1. The fourth-order valence-electron chi connectivity index (χ4n) is 2.54. The normalized spacial score (nSPS) is 10.8. The van der Waals surface area contributed by atoms with E-state index >= 15 is 0 Å². The number of para-hydroxylation sites is 1. The maximum absolute atomic E-state index is 12.0. The van der Waals surface area contributed by atoms with Crippen molar-refractivity contribution >= 4 is 33.5 Å². The van der Waals surface area contributed by atoms with E-state index in [9.17, 15) is 9.59 Å². The Morgan fingerprint density at radius 1 is 1.22 bits per heavy atom. The monoisotopic (exact) mass is 381 g/mol. The standard InChI is InChI=1S/C19H15N3O4S/c23-17(8-9-25-13-4-2-1-3-5-13)22-18-20-15(11-27-18)12-6-7-16-14(10-12)21-19(24)26-16/h1-7,10-11H,8-9H2,(H,21,24)(H,20,22,23). The van der Waals surface area contributed by atoms with E-state index in [0.29, 0.717) is 28.5 Å². The van der Waals surface area contributed by atoms with Gasteiger partial charge >= 0.3 is 5.76 Å². The molecule has 7 nitrogen and oxygen atoms in total. The summed E-state index contributed by atoms with van der Waals surface area (Å²) in [7, 11) is 0. The maximum atomic E-state index is 12.0. The van der Waals surface area contributed by atoms with E-state index in [1.54, 1.807) is 12.1 Å². The molecule has 2 aromatic heterocycles. The number of carbonyl (C=O) groups excluding carboxylic acids is 1. The molecule has 136 valence electrons. The number of aromatic amines is 1. The number of oxazole rings is 1. The van der Waals surface area contributed by atoms with Crippen LogP contribution in [0.2, 0.25) is 0 Å². The van der Waals surface area contributed by atoms with Gasteiger partial charge in [0.1, 0.15) is 5.75 Å². The largest absolute Gasteiger partial charge is 0.493 e. The zero-order chi connectivity index (χ0) is 18.6. The average molecular weight is 381 g/mol. The molecule has 4 rings (SSSR count). The lowest BCUT2D eigenvalue weighted by molar-refractivity contribution is -0.116. The highest BCUT2D eigenvalue weighted by Crippen LogP contribution is 2.27. The van der Waals surface area contributed by atoms with E-state index in [1.807, 2.05) is 41.8 Å². The Labute approximate surface area is 157 Å². The van der Waals surface area contributed by atoms with Crippen LogP contribution in [0.1, 0.15) is 6.42 Å². The number of fused-ring (bicyclic) bond motifs is 1. The second kappa shape index (κ2) is 7.46. The zero-order valence-electron chi connectivity index (χ0n) is 14.1. The summed E-state index contributed by atoms with van der Waals surface area (Å²) in [5.41, 5.74) is 2.63. The summed E-state index contributed by atoms with van der Waals surface area (Å²) in [6.45, 7) is 0.290. The zero-order valence-corrected chi connectivity index (χ0v) is 14.9. The van der Waals surface area contributed by atoms with Crippen molar-refractivity contribution in [3.63, 3.8) is 0 Å². The van der Waals surface area contributed by atoms with Crippen LogP contribution in [0, 0.1) is 0 Å². The number of amides is 1. The van der Waals surface area contributed by atoms with Gasteiger partial charge < -0.3 is 14.5 Å². The van der Waals surface area contributed by atoms with Crippen LogP contribution in [-0.4, -0.2) is 22.5 Å². The van der Waals surface area contributed by atoms with Crippen LogP contribution in [0.15, 0.2) is 63.1 Å². The number of rotatable bonds is 6. The van der Waals surface area contributed by atoms with Crippen molar-refractivity contribution in [2.75, 3.05) is 11.9 Å². The Hall–Kier alpha value is -3.39. The molecule has 0 aliphatic heterocycles. The molecule has 0 atom stereocenters. The van der Waals surface area contributed by atoms with E-state index < -0.39 is 5.76 Å². The number of carbonyl (C=O) groups is 1. The highest BCUT2D eigenvalue weighted by Gasteiger charge is 2.10. The van der Waals surface area contributed by atoms with Gasteiger partial charge in [-0.3, -0.25) is 9.78 Å². The minimum absolute atomic E-state index is 0.165. The van der Waals surface area contributed by atoms with Crippen molar-refractivity contribution in [1.29, 1.82) is 0 Å². The molecule has 4 aromatic rings. The number of H-pyrrole nitrogens is 1. The second-order valence-electron chi connectivity index (χ2n) is 5.72. The molecule has 1 amide bonds. The summed E-state index contributed by atoms with van der Waals surface area (Å²) in [6.07, 6.45) is 0.228. The molecule has 0 bridgehead atoms. The number of nitrogens with one attached hydrogen (secondary N) is 2. The Bertz CT molecular complexity index is 1130. The van der Waals surface area contributed by atoms with Crippen molar-refractivity contribution in [3.05, 3.63) is 64.5 Å². The van der Waals surface area contributed by atoms with Crippen LogP contribution in [0.5, 0.6) is 5.75 Å². The molecule has 8 heteroatoms. The molecule has 0 aliphatic rings. The highest BCUT2D eigenvalue weighted by molar-refractivity contribution is 7.14. The molecule has 0 radical (unpaired) electrons. The summed E-state index contributed by atoms with van der Waals surface area (Å²) in [4.78, 5) is 30.3. The van der Waals surface area contributed by atoms with Crippen molar-refractivity contribution in [1.82, 2.24) is 9.97 Å². The lowest BCUT2D eigenvalue weighted by Gasteiger charge is -2.05. The maximum Gasteiger partial charge on any atom is 0.417 e. The van der Waals surface area contributed by atoms with Crippen LogP contribution < -0.4 is 15.8 Å². The van der Waals surface area contributed by atoms with Gasteiger partial charge in [-0.1, -0.05) is 18.2 Å². The first-order chi connectivity index (χ1) is 13.2. The predicted octanol–water partition coefficient (Wildman–Crippen LogP) is 3.65. The molecule has 2 aromatic carbocycles. The van der Waals surface area contributed by atoms with E-state index in [-0.39, 0.29) is 12.3 Å². The van der Waals surface area contributed by atoms with Gasteiger partial charge in [0.05, 0.1) is 24.2 Å². The second-order valence-corrected chi connectivity index (χ2v) is 6.58. The fourth-order valence-corrected chi connectivity index (χ4v) is 3.27. The molecule has 2 N–H and O–H groups in total. The van der Waals surface area contributed by atoms with Crippen LogP contribution in [-0.2, 0) is 4.79 Å². The third-order valence-corrected chi connectivity index (χ3v) is 4.56. The van der Waals surface area contributed by atoms with Gasteiger partial charge in [0.25, 0.3) is 0 Å². The van der Waals surface area contributed by atoms with Crippen molar-refractivity contribution in [3.8, 4) is 17.0 Å². The van der Waals surface area contributed by atoms with E-state index in [4.69, 9.17) is 9.15 Å². The SMILES string of the molecule is O=C(CCOc1ccccc1)Nc1nc(-c2ccc3oc(=O)[nH]c3c2)cs1. The van der Waals surface area contributed by atoms with Crippen LogP contribution in [0.3, 0.4) is 0 Å². The molecule has 27 heavy (non-hydrogen) atoms. The molecular weight excluding hydrogens is 366 g/mol. The first kappa shape index (κ1) is 17.0. The molecular formula is C19H15N3O4S. The van der Waals surface area contributed by atoms with E-state index in [2.05, 4.69) is 15.3 Å². The van der Waals surface area contributed by atoms with Crippen molar-refractivity contribution in [2.45, 2.75) is 6.42 Å².